The smallest absolute Gasteiger partial charge is 0.273 e. The first-order chi connectivity index (χ1) is 7.99. The van der Waals surface area contributed by atoms with Crippen LogP contribution in [0.15, 0.2) is 34.7 Å². The van der Waals surface area contributed by atoms with Crippen LogP contribution in [0.5, 0.6) is 0 Å². The van der Waals surface area contributed by atoms with Crippen LogP contribution in [0.3, 0.4) is 0 Å². The van der Waals surface area contributed by atoms with Crippen molar-refractivity contribution in [1.82, 2.24) is 4.98 Å². The minimum absolute atomic E-state index is 0.0992. The predicted octanol–water partition coefficient (Wildman–Crippen LogP) is 3.20. The van der Waals surface area contributed by atoms with Crippen LogP contribution in [0, 0.1) is 3.57 Å². The maximum absolute atomic E-state index is 12.0. The van der Waals surface area contributed by atoms with Crippen molar-refractivity contribution in [2.45, 2.75) is 4.21 Å². The number of aromatic nitrogens is 1. The third-order valence-corrected chi connectivity index (χ3v) is 5.72. The first-order valence-electron chi connectivity index (χ1n) is 4.38. The Labute approximate surface area is 121 Å². The number of anilines is 1. The molecule has 0 bridgehead atoms. The number of nitrogens with one attached hydrogen (secondary N) is 1. The van der Waals surface area contributed by atoms with E-state index in [-0.39, 0.29) is 8.68 Å². The van der Waals surface area contributed by atoms with E-state index in [1.54, 1.807) is 12.1 Å². The summed E-state index contributed by atoms with van der Waals surface area (Å²) in [5, 5.41) is 0. The van der Waals surface area contributed by atoms with Gasteiger partial charge < -0.3 is 0 Å². The second kappa shape index (κ2) is 5.09. The van der Waals surface area contributed by atoms with Crippen molar-refractivity contribution in [3.63, 3.8) is 0 Å². The summed E-state index contributed by atoms with van der Waals surface area (Å²) in [6.45, 7) is 0. The Bertz CT molecular complexity index is 642. The van der Waals surface area contributed by atoms with Gasteiger partial charge in [-0.3, -0.25) is 4.72 Å². The van der Waals surface area contributed by atoms with Crippen molar-refractivity contribution >= 4 is 61.2 Å². The number of nitrogens with zero attached hydrogens (tertiary/aromatic N) is 1. The summed E-state index contributed by atoms with van der Waals surface area (Å²) in [6, 6.07) is 7.11. The molecule has 0 spiro atoms. The summed E-state index contributed by atoms with van der Waals surface area (Å²) in [5.74, 6) is 0. The molecule has 1 aromatic heterocycles. The van der Waals surface area contributed by atoms with Crippen LogP contribution in [0.25, 0.3) is 0 Å². The number of halogens is 2. The van der Waals surface area contributed by atoms with Gasteiger partial charge >= 0.3 is 0 Å². The van der Waals surface area contributed by atoms with Crippen LogP contribution < -0.4 is 4.72 Å². The van der Waals surface area contributed by atoms with Crippen LogP contribution in [-0.2, 0) is 10.0 Å². The SMILES string of the molecule is O=S(=O)(Nc1ccccc1I)c1cnc(Cl)s1. The molecule has 0 aliphatic carbocycles. The van der Waals surface area contributed by atoms with Gasteiger partial charge in [-0.25, -0.2) is 13.4 Å². The average molecular weight is 401 g/mol. The van der Waals surface area contributed by atoms with Gasteiger partial charge in [-0.1, -0.05) is 35.1 Å². The van der Waals surface area contributed by atoms with Crippen molar-refractivity contribution < 1.29 is 8.42 Å². The number of rotatable bonds is 3. The van der Waals surface area contributed by atoms with E-state index in [9.17, 15) is 8.42 Å². The largest absolute Gasteiger partial charge is 0.278 e. The van der Waals surface area contributed by atoms with Crippen molar-refractivity contribution in [3.05, 3.63) is 38.5 Å². The van der Waals surface area contributed by atoms with E-state index in [2.05, 4.69) is 32.3 Å². The molecule has 2 rings (SSSR count). The Kier molecular flexibility index (Phi) is 3.91. The zero-order valence-corrected chi connectivity index (χ0v) is 12.8. The standard InChI is InChI=1S/C9H6ClIN2O2S2/c10-9-12-5-8(16-9)17(14,15)13-7-4-2-1-3-6(7)11/h1-5,13H. The summed E-state index contributed by atoms with van der Waals surface area (Å²) in [6.07, 6.45) is 1.24. The van der Waals surface area contributed by atoms with E-state index < -0.39 is 10.0 Å². The van der Waals surface area contributed by atoms with E-state index in [0.717, 1.165) is 14.9 Å². The zero-order chi connectivity index (χ0) is 12.5. The van der Waals surface area contributed by atoms with Crippen LogP contribution >= 0.6 is 45.5 Å². The molecule has 1 heterocycles. The fourth-order valence-corrected chi connectivity index (χ4v) is 4.18. The highest BCUT2D eigenvalue weighted by Gasteiger charge is 2.18. The molecule has 1 aromatic carbocycles. The summed E-state index contributed by atoms with van der Waals surface area (Å²) in [4.78, 5) is 3.71. The molecule has 17 heavy (non-hydrogen) atoms. The first-order valence-corrected chi connectivity index (χ1v) is 8.13. The second-order valence-corrected chi connectivity index (χ2v) is 7.70. The lowest BCUT2D eigenvalue weighted by Gasteiger charge is -2.07. The highest BCUT2D eigenvalue weighted by molar-refractivity contribution is 14.1. The third kappa shape index (κ3) is 3.09. The molecular formula is C9H6ClIN2O2S2. The molecule has 0 aliphatic rings. The number of para-hydroxylation sites is 1. The Balaban J connectivity index is 2.33. The number of sulfonamides is 1. The maximum Gasteiger partial charge on any atom is 0.273 e. The highest BCUT2D eigenvalue weighted by atomic mass is 127. The van der Waals surface area contributed by atoms with Crippen molar-refractivity contribution in [1.29, 1.82) is 0 Å². The van der Waals surface area contributed by atoms with Crippen LogP contribution in [-0.4, -0.2) is 13.4 Å². The van der Waals surface area contributed by atoms with E-state index in [4.69, 9.17) is 11.6 Å². The number of hydrogen-bond donors (Lipinski definition) is 1. The van der Waals surface area contributed by atoms with Gasteiger partial charge in [-0.05, 0) is 34.7 Å². The molecule has 0 atom stereocenters. The molecule has 0 amide bonds. The van der Waals surface area contributed by atoms with Crippen LogP contribution in [0.1, 0.15) is 0 Å². The van der Waals surface area contributed by atoms with Crippen molar-refractivity contribution in [3.8, 4) is 0 Å². The first kappa shape index (κ1) is 13.1. The molecule has 0 radical (unpaired) electrons. The van der Waals surface area contributed by atoms with Gasteiger partial charge in [-0.2, -0.15) is 0 Å². The molecule has 90 valence electrons. The van der Waals surface area contributed by atoms with Gasteiger partial charge in [0.25, 0.3) is 10.0 Å². The molecule has 4 nitrogen and oxygen atoms in total. The molecule has 0 unspecified atom stereocenters. The van der Waals surface area contributed by atoms with Gasteiger partial charge in [0.15, 0.2) is 8.68 Å². The fraction of sp³-hybridized carbons (Fsp3) is 0. The predicted molar refractivity (Wildman–Crippen MR) is 77.1 cm³/mol. The van der Waals surface area contributed by atoms with Crippen LogP contribution in [0.2, 0.25) is 4.47 Å². The van der Waals surface area contributed by atoms with Gasteiger partial charge in [-0.15, -0.1) is 0 Å². The van der Waals surface area contributed by atoms with Crippen LogP contribution in [0.4, 0.5) is 5.69 Å². The summed E-state index contributed by atoms with van der Waals surface area (Å²) < 4.78 is 27.5. The molecule has 0 saturated heterocycles. The summed E-state index contributed by atoms with van der Waals surface area (Å²) in [7, 11) is -3.60. The Hall–Kier alpha value is -0.380. The second-order valence-electron chi connectivity index (χ2n) is 3.02. The average Bonchev–Trinajstić information content (AvgIpc) is 2.69. The Morgan fingerprint density at radius 1 is 1.35 bits per heavy atom. The van der Waals surface area contributed by atoms with Gasteiger partial charge in [0.05, 0.1) is 11.9 Å². The molecule has 0 fully saturated rings. The lowest BCUT2D eigenvalue weighted by molar-refractivity contribution is 0.603. The monoisotopic (exact) mass is 400 g/mol. The van der Waals surface area contributed by atoms with Gasteiger partial charge in [0, 0.05) is 3.57 Å². The highest BCUT2D eigenvalue weighted by Crippen LogP contribution is 2.26. The molecule has 8 heteroatoms. The maximum atomic E-state index is 12.0. The van der Waals surface area contributed by atoms with Gasteiger partial charge in [0.2, 0.25) is 0 Å². The number of thiazole rings is 1. The molecule has 0 aliphatic heterocycles. The lowest BCUT2D eigenvalue weighted by Crippen LogP contribution is -2.12. The lowest BCUT2D eigenvalue weighted by atomic mass is 10.3. The Morgan fingerprint density at radius 3 is 2.65 bits per heavy atom. The molecule has 1 N–H and O–H groups in total. The van der Waals surface area contributed by atoms with E-state index in [1.165, 1.54) is 6.20 Å². The van der Waals surface area contributed by atoms with Crippen molar-refractivity contribution in [2.75, 3.05) is 4.72 Å². The van der Waals surface area contributed by atoms with Crippen molar-refractivity contribution in [2.24, 2.45) is 0 Å². The third-order valence-electron chi connectivity index (χ3n) is 1.84. The van der Waals surface area contributed by atoms with Gasteiger partial charge in [0.1, 0.15) is 0 Å². The number of hydrogen-bond acceptors (Lipinski definition) is 4. The van der Waals surface area contributed by atoms with E-state index in [0.29, 0.717) is 5.69 Å². The quantitative estimate of drug-likeness (QED) is 0.805. The zero-order valence-electron chi connectivity index (χ0n) is 8.22. The Morgan fingerprint density at radius 2 is 2.06 bits per heavy atom. The van der Waals surface area contributed by atoms with E-state index >= 15 is 0 Å². The fourth-order valence-electron chi connectivity index (χ4n) is 1.10. The number of benzene rings is 1. The summed E-state index contributed by atoms with van der Waals surface area (Å²) >= 11 is 8.60. The topological polar surface area (TPSA) is 59.1 Å². The molecule has 2 aromatic rings. The minimum atomic E-state index is -3.60. The summed E-state index contributed by atoms with van der Waals surface area (Å²) in [5.41, 5.74) is 0.539. The molecular weight excluding hydrogens is 395 g/mol. The minimum Gasteiger partial charge on any atom is -0.278 e. The molecule has 0 saturated carbocycles. The normalized spacial score (nSPS) is 11.4. The van der Waals surface area contributed by atoms with E-state index in [1.807, 2.05) is 12.1 Å².